The van der Waals surface area contributed by atoms with Gasteiger partial charge in [-0.25, -0.2) is 0 Å². The Bertz CT molecular complexity index is 327. The molecule has 0 aliphatic carbocycles. The van der Waals surface area contributed by atoms with Crippen molar-refractivity contribution in [3.05, 3.63) is 41.5 Å². The molecule has 0 aromatic heterocycles. The third-order valence-corrected chi connectivity index (χ3v) is 1.98. The predicted molar refractivity (Wildman–Crippen MR) is 58.5 cm³/mol. The second-order valence-electron chi connectivity index (χ2n) is 3.19. The highest BCUT2D eigenvalue weighted by molar-refractivity contribution is 5.96. The summed E-state index contributed by atoms with van der Waals surface area (Å²) < 4.78 is 0. The molecular formula is C12H15NO. The molecule has 0 saturated heterocycles. The lowest BCUT2D eigenvalue weighted by Crippen LogP contribution is -2.13. The molecule has 2 N–H and O–H groups in total. The van der Waals surface area contributed by atoms with Crippen LogP contribution in [-0.4, -0.2) is 5.91 Å². The molecule has 0 fully saturated rings. The van der Waals surface area contributed by atoms with E-state index in [0.717, 1.165) is 18.4 Å². The van der Waals surface area contributed by atoms with Crippen molar-refractivity contribution in [2.75, 3.05) is 0 Å². The number of hydrogen-bond donors (Lipinski definition) is 1. The first-order valence-corrected chi connectivity index (χ1v) is 4.79. The van der Waals surface area contributed by atoms with E-state index in [1.54, 1.807) is 0 Å². The van der Waals surface area contributed by atoms with E-state index < -0.39 is 0 Å². The Balaban J connectivity index is 2.88. The zero-order chi connectivity index (χ0) is 10.4. The van der Waals surface area contributed by atoms with Gasteiger partial charge in [-0.1, -0.05) is 43.7 Å². The number of carbonyl (C=O) groups excluding carboxylic acids is 1. The van der Waals surface area contributed by atoms with Gasteiger partial charge in [-0.3, -0.25) is 4.79 Å². The van der Waals surface area contributed by atoms with Crippen LogP contribution in [0.5, 0.6) is 0 Å². The van der Waals surface area contributed by atoms with Gasteiger partial charge in [0.1, 0.15) is 0 Å². The van der Waals surface area contributed by atoms with E-state index in [-0.39, 0.29) is 5.91 Å². The van der Waals surface area contributed by atoms with E-state index in [9.17, 15) is 4.79 Å². The van der Waals surface area contributed by atoms with Crippen molar-refractivity contribution >= 4 is 12.0 Å². The average molecular weight is 189 g/mol. The summed E-state index contributed by atoms with van der Waals surface area (Å²) in [5, 5.41) is 0. The number of carbonyl (C=O) groups is 1. The van der Waals surface area contributed by atoms with Crippen LogP contribution in [0, 0.1) is 0 Å². The van der Waals surface area contributed by atoms with E-state index in [2.05, 4.69) is 0 Å². The minimum absolute atomic E-state index is 0.323. The molecule has 0 bridgehead atoms. The molecule has 0 aliphatic heterocycles. The van der Waals surface area contributed by atoms with E-state index >= 15 is 0 Å². The molecule has 74 valence electrons. The maximum Gasteiger partial charge on any atom is 0.244 e. The topological polar surface area (TPSA) is 43.1 Å². The highest BCUT2D eigenvalue weighted by Crippen LogP contribution is 2.10. The maximum atomic E-state index is 11.0. The predicted octanol–water partition coefficient (Wildman–Crippen LogP) is 2.36. The highest BCUT2D eigenvalue weighted by Gasteiger charge is 2.02. The zero-order valence-electron chi connectivity index (χ0n) is 8.36. The smallest absolute Gasteiger partial charge is 0.244 e. The Morgan fingerprint density at radius 1 is 1.36 bits per heavy atom. The summed E-state index contributed by atoms with van der Waals surface area (Å²) in [5.74, 6) is -0.323. The SMILES string of the molecule is CCC/C(=C\c1ccccc1)C(N)=O. The normalized spacial score (nSPS) is 11.4. The second kappa shape index (κ2) is 5.22. The van der Waals surface area contributed by atoms with Gasteiger partial charge >= 0.3 is 0 Å². The van der Waals surface area contributed by atoms with Crippen LogP contribution < -0.4 is 5.73 Å². The Labute approximate surface area is 84.4 Å². The molecule has 0 aliphatic rings. The molecule has 0 unspecified atom stereocenters. The average Bonchev–Trinajstić information content (AvgIpc) is 2.18. The lowest BCUT2D eigenvalue weighted by molar-refractivity contribution is -0.114. The molecule has 0 saturated carbocycles. The van der Waals surface area contributed by atoms with E-state index in [4.69, 9.17) is 5.73 Å². The van der Waals surface area contributed by atoms with Crippen molar-refractivity contribution in [2.45, 2.75) is 19.8 Å². The van der Waals surface area contributed by atoms with Crippen molar-refractivity contribution < 1.29 is 4.79 Å². The van der Waals surface area contributed by atoms with Crippen LogP contribution in [0.1, 0.15) is 25.3 Å². The van der Waals surface area contributed by atoms with Crippen LogP contribution in [0.2, 0.25) is 0 Å². The highest BCUT2D eigenvalue weighted by atomic mass is 16.1. The molecule has 1 rings (SSSR count). The number of primary amides is 1. The summed E-state index contributed by atoms with van der Waals surface area (Å²) in [6, 6.07) is 9.74. The fourth-order valence-electron chi connectivity index (χ4n) is 1.29. The first kappa shape index (κ1) is 10.5. The van der Waals surface area contributed by atoms with Gasteiger partial charge in [0.15, 0.2) is 0 Å². The monoisotopic (exact) mass is 189 g/mol. The number of amides is 1. The third-order valence-electron chi connectivity index (χ3n) is 1.98. The molecular weight excluding hydrogens is 174 g/mol. The number of nitrogens with two attached hydrogens (primary N) is 1. The third kappa shape index (κ3) is 3.05. The van der Waals surface area contributed by atoms with E-state index in [0.29, 0.717) is 5.57 Å². The number of hydrogen-bond acceptors (Lipinski definition) is 1. The Morgan fingerprint density at radius 2 is 2.00 bits per heavy atom. The minimum atomic E-state index is -0.323. The lowest BCUT2D eigenvalue weighted by Gasteiger charge is -2.00. The molecule has 1 aromatic rings. The van der Waals surface area contributed by atoms with Gasteiger partial charge in [0.05, 0.1) is 0 Å². The molecule has 0 radical (unpaired) electrons. The largest absolute Gasteiger partial charge is 0.366 e. The standard InChI is InChI=1S/C12H15NO/c1-2-6-11(12(13)14)9-10-7-4-3-5-8-10/h3-5,7-9H,2,6H2,1H3,(H2,13,14)/b11-9+. The summed E-state index contributed by atoms with van der Waals surface area (Å²) in [5.41, 5.74) is 6.98. The van der Waals surface area contributed by atoms with Crippen LogP contribution in [-0.2, 0) is 4.79 Å². The molecule has 2 heteroatoms. The fraction of sp³-hybridized carbons (Fsp3) is 0.250. The molecule has 0 heterocycles. The summed E-state index contributed by atoms with van der Waals surface area (Å²) in [4.78, 5) is 11.0. The molecule has 2 nitrogen and oxygen atoms in total. The summed E-state index contributed by atoms with van der Waals surface area (Å²) in [6.07, 6.45) is 3.53. The van der Waals surface area contributed by atoms with Gasteiger partial charge in [-0.05, 0) is 18.1 Å². The van der Waals surface area contributed by atoms with Gasteiger partial charge in [0, 0.05) is 5.57 Å². The van der Waals surface area contributed by atoms with Gasteiger partial charge in [-0.15, -0.1) is 0 Å². The zero-order valence-corrected chi connectivity index (χ0v) is 8.36. The van der Waals surface area contributed by atoms with Crippen molar-refractivity contribution in [3.63, 3.8) is 0 Å². The Hall–Kier alpha value is -1.57. The molecule has 14 heavy (non-hydrogen) atoms. The van der Waals surface area contributed by atoms with E-state index in [1.807, 2.05) is 43.3 Å². The molecule has 0 spiro atoms. The van der Waals surface area contributed by atoms with Gasteiger partial charge in [0.2, 0.25) is 5.91 Å². The van der Waals surface area contributed by atoms with Crippen molar-refractivity contribution in [3.8, 4) is 0 Å². The quantitative estimate of drug-likeness (QED) is 0.726. The summed E-state index contributed by atoms with van der Waals surface area (Å²) in [6.45, 7) is 2.03. The lowest BCUT2D eigenvalue weighted by atomic mass is 10.1. The van der Waals surface area contributed by atoms with Crippen molar-refractivity contribution in [1.29, 1.82) is 0 Å². The fourth-order valence-corrected chi connectivity index (χ4v) is 1.29. The first-order chi connectivity index (χ1) is 6.74. The van der Waals surface area contributed by atoms with E-state index in [1.165, 1.54) is 0 Å². The molecule has 0 atom stereocenters. The summed E-state index contributed by atoms with van der Waals surface area (Å²) >= 11 is 0. The van der Waals surface area contributed by atoms with Gasteiger partial charge in [0.25, 0.3) is 0 Å². The maximum absolute atomic E-state index is 11.0. The Kier molecular flexibility index (Phi) is 3.92. The van der Waals surface area contributed by atoms with Crippen LogP contribution in [0.4, 0.5) is 0 Å². The van der Waals surface area contributed by atoms with Crippen LogP contribution >= 0.6 is 0 Å². The second-order valence-corrected chi connectivity index (χ2v) is 3.19. The minimum Gasteiger partial charge on any atom is -0.366 e. The first-order valence-electron chi connectivity index (χ1n) is 4.79. The van der Waals surface area contributed by atoms with Gasteiger partial charge in [-0.2, -0.15) is 0 Å². The van der Waals surface area contributed by atoms with Crippen LogP contribution in [0.3, 0.4) is 0 Å². The van der Waals surface area contributed by atoms with Gasteiger partial charge < -0.3 is 5.73 Å². The van der Waals surface area contributed by atoms with Crippen molar-refractivity contribution in [2.24, 2.45) is 5.73 Å². The summed E-state index contributed by atoms with van der Waals surface area (Å²) in [7, 11) is 0. The molecule has 1 amide bonds. The van der Waals surface area contributed by atoms with Crippen LogP contribution in [0.25, 0.3) is 6.08 Å². The molecule has 1 aromatic carbocycles. The van der Waals surface area contributed by atoms with Crippen molar-refractivity contribution in [1.82, 2.24) is 0 Å². The number of benzene rings is 1. The number of rotatable bonds is 4. The Morgan fingerprint density at radius 3 is 2.50 bits per heavy atom. The van der Waals surface area contributed by atoms with Crippen LogP contribution in [0.15, 0.2) is 35.9 Å².